The minimum absolute atomic E-state index is 0.363. The molecule has 0 fully saturated rings. The zero-order valence-corrected chi connectivity index (χ0v) is 12.9. The van der Waals surface area contributed by atoms with Crippen LogP contribution in [0.15, 0.2) is 0 Å². The maximum atomic E-state index is 5.72. The van der Waals surface area contributed by atoms with Gasteiger partial charge in [0.2, 0.25) is 0 Å². The van der Waals surface area contributed by atoms with Gasteiger partial charge in [-0.2, -0.15) is 5.10 Å². The number of ether oxygens (including phenoxy) is 1. The zero-order chi connectivity index (χ0) is 14.4. The quantitative estimate of drug-likeness (QED) is 0.531. The highest BCUT2D eigenvalue weighted by atomic mass is 32.1. The SMILES string of the molecule is Cc1nn(C)c(NCCOCCN(C)C)c1C(N)=S. The number of anilines is 1. The second kappa shape index (κ2) is 7.42. The van der Waals surface area contributed by atoms with E-state index >= 15 is 0 Å². The van der Waals surface area contributed by atoms with Crippen LogP contribution < -0.4 is 11.1 Å². The molecule has 0 aliphatic carbocycles. The Bertz CT molecular complexity index is 430. The van der Waals surface area contributed by atoms with Gasteiger partial charge in [-0.05, 0) is 21.0 Å². The first-order chi connectivity index (χ1) is 8.93. The number of nitrogens with two attached hydrogens (primary N) is 1. The van der Waals surface area contributed by atoms with E-state index in [1.165, 1.54) is 0 Å². The fourth-order valence-corrected chi connectivity index (χ4v) is 1.99. The summed E-state index contributed by atoms with van der Waals surface area (Å²) in [6.07, 6.45) is 0. The fourth-order valence-electron chi connectivity index (χ4n) is 1.75. The lowest BCUT2D eigenvalue weighted by Crippen LogP contribution is -2.21. The maximum absolute atomic E-state index is 5.72. The molecule has 1 aromatic rings. The molecule has 0 atom stereocenters. The first-order valence-electron chi connectivity index (χ1n) is 6.23. The smallest absolute Gasteiger partial charge is 0.134 e. The second-order valence-electron chi connectivity index (χ2n) is 4.64. The van der Waals surface area contributed by atoms with Crippen LogP contribution in [0.5, 0.6) is 0 Å². The van der Waals surface area contributed by atoms with Crippen molar-refractivity contribution in [3.05, 3.63) is 11.3 Å². The van der Waals surface area contributed by atoms with E-state index in [0.29, 0.717) is 18.1 Å². The molecule has 108 valence electrons. The Balaban J connectivity index is 2.43. The van der Waals surface area contributed by atoms with E-state index in [0.717, 1.165) is 30.2 Å². The number of rotatable bonds is 8. The van der Waals surface area contributed by atoms with E-state index in [9.17, 15) is 0 Å². The summed E-state index contributed by atoms with van der Waals surface area (Å²) in [6, 6.07) is 0. The molecule has 0 amide bonds. The number of hydrogen-bond donors (Lipinski definition) is 2. The number of nitrogens with one attached hydrogen (secondary N) is 1. The molecule has 1 rings (SSSR count). The van der Waals surface area contributed by atoms with Crippen LogP contribution in [0, 0.1) is 6.92 Å². The third kappa shape index (κ3) is 4.77. The van der Waals surface area contributed by atoms with Gasteiger partial charge in [-0.3, -0.25) is 4.68 Å². The molecule has 7 heteroatoms. The average Bonchev–Trinajstić information content (AvgIpc) is 2.58. The minimum Gasteiger partial charge on any atom is -0.389 e. The summed E-state index contributed by atoms with van der Waals surface area (Å²) in [6.45, 7) is 4.87. The van der Waals surface area contributed by atoms with Crippen molar-refractivity contribution in [2.45, 2.75) is 6.92 Å². The summed E-state index contributed by atoms with van der Waals surface area (Å²) in [5, 5.41) is 7.58. The molecule has 0 saturated carbocycles. The molecule has 6 nitrogen and oxygen atoms in total. The van der Waals surface area contributed by atoms with Gasteiger partial charge >= 0.3 is 0 Å². The number of aryl methyl sites for hydroxylation is 2. The Morgan fingerprint density at radius 2 is 2.16 bits per heavy atom. The highest BCUT2D eigenvalue weighted by Gasteiger charge is 2.14. The fraction of sp³-hybridized carbons (Fsp3) is 0.667. The molecule has 19 heavy (non-hydrogen) atoms. The first kappa shape index (κ1) is 15.9. The van der Waals surface area contributed by atoms with Crippen molar-refractivity contribution in [3.63, 3.8) is 0 Å². The zero-order valence-electron chi connectivity index (χ0n) is 12.1. The third-order valence-corrected chi connectivity index (χ3v) is 2.89. The minimum atomic E-state index is 0.363. The summed E-state index contributed by atoms with van der Waals surface area (Å²) in [5.41, 5.74) is 7.37. The molecule has 1 heterocycles. The van der Waals surface area contributed by atoms with Crippen molar-refractivity contribution >= 4 is 23.0 Å². The molecule has 0 saturated heterocycles. The molecule has 3 N–H and O–H groups in total. The van der Waals surface area contributed by atoms with Gasteiger partial charge in [-0.25, -0.2) is 0 Å². The van der Waals surface area contributed by atoms with E-state index in [1.807, 2.05) is 28.1 Å². The summed E-state index contributed by atoms with van der Waals surface area (Å²) in [7, 11) is 5.91. The van der Waals surface area contributed by atoms with E-state index in [-0.39, 0.29) is 0 Å². The number of aromatic nitrogens is 2. The van der Waals surface area contributed by atoms with Gasteiger partial charge < -0.3 is 20.7 Å². The van der Waals surface area contributed by atoms with Crippen molar-refractivity contribution in [2.24, 2.45) is 12.8 Å². The van der Waals surface area contributed by atoms with Gasteiger partial charge in [0.05, 0.1) is 24.5 Å². The topological polar surface area (TPSA) is 68.3 Å². The largest absolute Gasteiger partial charge is 0.389 e. The van der Waals surface area contributed by atoms with Gasteiger partial charge in [-0.15, -0.1) is 0 Å². The predicted molar refractivity (Wildman–Crippen MR) is 81.7 cm³/mol. The van der Waals surface area contributed by atoms with Crippen LogP contribution in [0.4, 0.5) is 5.82 Å². The number of thiocarbonyl (C=S) groups is 1. The van der Waals surface area contributed by atoms with Gasteiger partial charge in [0.15, 0.2) is 0 Å². The van der Waals surface area contributed by atoms with Crippen LogP contribution in [0.1, 0.15) is 11.3 Å². The Morgan fingerprint density at radius 1 is 1.47 bits per heavy atom. The molecule has 0 aliphatic heterocycles. The molecular weight excluding hydrogens is 262 g/mol. The molecule has 1 aromatic heterocycles. The number of nitrogens with zero attached hydrogens (tertiary/aromatic N) is 3. The van der Waals surface area contributed by atoms with Crippen LogP contribution in [-0.2, 0) is 11.8 Å². The molecule has 0 unspecified atom stereocenters. The van der Waals surface area contributed by atoms with E-state index in [1.54, 1.807) is 4.68 Å². The van der Waals surface area contributed by atoms with Crippen LogP contribution in [-0.4, -0.2) is 60.1 Å². The Labute approximate surface area is 119 Å². The van der Waals surface area contributed by atoms with Gasteiger partial charge in [0.1, 0.15) is 10.8 Å². The Kier molecular flexibility index (Phi) is 6.20. The lowest BCUT2D eigenvalue weighted by Gasteiger charge is -2.11. The van der Waals surface area contributed by atoms with Crippen LogP contribution in [0.25, 0.3) is 0 Å². The molecule has 0 radical (unpaired) electrons. The van der Waals surface area contributed by atoms with Crippen molar-refractivity contribution in [3.8, 4) is 0 Å². The normalized spacial score (nSPS) is 11.0. The lowest BCUT2D eigenvalue weighted by atomic mass is 10.2. The average molecular weight is 285 g/mol. The number of hydrogen-bond acceptors (Lipinski definition) is 5. The van der Waals surface area contributed by atoms with Gasteiger partial charge in [0, 0.05) is 20.1 Å². The van der Waals surface area contributed by atoms with Crippen LogP contribution in [0.3, 0.4) is 0 Å². The second-order valence-corrected chi connectivity index (χ2v) is 5.08. The summed E-state index contributed by atoms with van der Waals surface area (Å²) < 4.78 is 7.27. The van der Waals surface area contributed by atoms with Crippen molar-refractivity contribution in [1.29, 1.82) is 0 Å². The molecule has 0 spiro atoms. The summed E-state index contributed by atoms with van der Waals surface area (Å²) in [5.74, 6) is 0.848. The van der Waals surface area contributed by atoms with Crippen LogP contribution >= 0.6 is 12.2 Å². The summed E-state index contributed by atoms with van der Waals surface area (Å²) in [4.78, 5) is 2.45. The molecule has 0 bridgehead atoms. The Hall–Kier alpha value is -1.18. The lowest BCUT2D eigenvalue weighted by molar-refractivity contribution is 0.126. The van der Waals surface area contributed by atoms with E-state index in [2.05, 4.69) is 15.3 Å². The third-order valence-electron chi connectivity index (χ3n) is 2.69. The highest BCUT2D eigenvalue weighted by molar-refractivity contribution is 7.80. The van der Waals surface area contributed by atoms with Gasteiger partial charge in [-0.1, -0.05) is 12.2 Å². The van der Waals surface area contributed by atoms with Crippen molar-refractivity contribution in [1.82, 2.24) is 14.7 Å². The molecular formula is C12H23N5OS. The maximum Gasteiger partial charge on any atom is 0.134 e. The summed E-state index contributed by atoms with van der Waals surface area (Å²) >= 11 is 5.05. The molecule has 0 aliphatic rings. The monoisotopic (exact) mass is 285 g/mol. The Morgan fingerprint density at radius 3 is 2.74 bits per heavy atom. The van der Waals surface area contributed by atoms with E-state index < -0.39 is 0 Å². The van der Waals surface area contributed by atoms with Crippen molar-refractivity contribution < 1.29 is 4.74 Å². The van der Waals surface area contributed by atoms with Gasteiger partial charge in [0.25, 0.3) is 0 Å². The molecule has 0 aromatic carbocycles. The van der Waals surface area contributed by atoms with Crippen molar-refractivity contribution in [2.75, 3.05) is 45.7 Å². The van der Waals surface area contributed by atoms with Crippen LogP contribution in [0.2, 0.25) is 0 Å². The standard InChI is InChI=1S/C12H23N5OS/c1-9-10(11(13)19)12(17(4)15-9)14-5-7-18-8-6-16(2)3/h14H,5-8H2,1-4H3,(H2,13,19). The predicted octanol–water partition coefficient (Wildman–Crippen LogP) is 0.353. The van der Waals surface area contributed by atoms with E-state index in [4.69, 9.17) is 22.7 Å². The highest BCUT2D eigenvalue weighted by Crippen LogP contribution is 2.18. The first-order valence-corrected chi connectivity index (χ1v) is 6.64. The number of likely N-dealkylation sites (N-methyl/N-ethyl adjacent to an activating group) is 1.